The summed E-state index contributed by atoms with van der Waals surface area (Å²) in [6.45, 7) is 2.38. The lowest BCUT2D eigenvalue weighted by molar-refractivity contribution is 0.0881. The summed E-state index contributed by atoms with van der Waals surface area (Å²) in [6.07, 6.45) is 5.05. The predicted molar refractivity (Wildman–Crippen MR) is 64.1 cm³/mol. The van der Waals surface area contributed by atoms with Gasteiger partial charge in [0.25, 0.3) is 0 Å². The molecule has 0 fully saturated rings. The number of aryl methyl sites for hydroxylation is 1. The number of carbonyl (C=O) groups excluding carboxylic acids is 1. The van der Waals surface area contributed by atoms with Crippen LogP contribution in [0.2, 0.25) is 0 Å². The molecule has 0 bridgehead atoms. The molecule has 0 radical (unpaired) electrons. The Bertz CT molecular complexity index is 492. The van der Waals surface area contributed by atoms with Gasteiger partial charge in [-0.05, 0) is 24.6 Å². The van der Waals surface area contributed by atoms with E-state index in [-0.39, 0.29) is 5.91 Å². The molecular formula is C13H14N2O2. The first kappa shape index (κ1) is 11.4. The van der Waals surface area contributed by atoms with Gasteiger partial charge < -0.3 is 4.74 Å². The van der Waals surface area contributed by atoms with Crippen LogP contribution in [-0.4, -0.2) is 22.1 Å². The van der Waals surface area contributed by atoms with Crippen LogP contribution in [0.1, 0.15) is 16.8 Å². The van der Waals surface area contributed by atoms with Crippen LogP contribution in [-0.2, 0) is 0 Å². The van der Waals surface area contributed by atoms with Gasteiger partial charge in [0.05, 0.1) is 13.0 Å². The summed E-state index contributed by atoms with van der Waals surface area (Å²) in [5, 5.41) is 0. The second-order valence-electron chi connectivity index (χ2n) is 3.78. The zero-order chi connectivity index (χ0) is 12.1. The molecule has 1 aromatic heterocycles. The SMILES string of the molecule is Cc1cccc(OCCC(=O)n2ccnc2)c1. The van der Waals surface area contributed by atoms with Gasteiger partial charge in [-0.1, -0.05) is 12.1 Å². The monoisotopic (exact) mass is 230 g/mol. The molecule has 0 amide bonds. The van der Waals surface area contributed by atoms with Crippen molar-refractivity contribution in [2.75, 3.05) is 6.61 Å². The Morgan fingerprint density at radius 3 is 3.06 bits per heavy atom. The molecule has 2 rings (SSSR count). The van der Waals surface area contributed by atoms with Crippen molar-refractivity contribution < 1.29 is 9.53 Å². The molecule has 1 heterocycles. The summed E-state index contributed by atoms with van der Waals surface area (Å²) in [4.78, 5) is 15.4. The molecule has 0 aliphatic carbocycles. The Morgan fingerprint density at radius 2 is 2.35 bits per heavy atom. The average Bonchev–Trinajstić information content (AvgIpc) is 2.82. The standard InChI is InChI=1S/C13H14N2O2/c1-11-3-2-4-12(9-11)17-8-5-13(16)15-7-6-14-10-15/h2-4,6-7,9-10H,5,8H2,1H3. The van der Waals surface area contributed by atoms with Crippen LogP contribution < -0.4 is 4.74 Å². The van der Waals surface area contributed by atoms with Gasteiger partial charge in [-0.15, -0.1) is 0 Å². The van der Waals surface area contributed by atoms with Crippen molar-refractivity contribution in [2.24, 2.45) is 0 Å². The smallest absolute Gasteiger partial charge is 0.235 e. The van der Waals surface area contributed by atoms with Crippen LogP contribution in [0, 0.1) is 6.92 Å². The molecule has 0 aliphatic rings. The van der Waals surface area contributed by atoms with Crippen molar-refractivity contribution in [3.05, 3.63) is 48.5 Å². The van der Waals surface area contributed by atoms with Crippen LogP contribution in [0.4, 0.5) is 0 Å². The first-order chi connectivity index (χ1) is 8.25. The number of carbonyl (C=O) groups is 1. The van der Waals surface area contributed by atoms with E-state index in [9.17, 15) is 4.79 Å². The highest BCUT2D eigenvalue weighted by atomic mass is 16.5. The average molecular weight is 230 g/mol. The quantitative estimate of drug-likeness (QED) is 0.809. The van der Waals surface area contributed by atoms with Gasteiger partial charge in [-0.3, -0.25) is 9.36 Å². The maximum Gasteiger partial charge on any atom is 0.235 e. The highest BCUT2D eigenvalue weighted by Crippen LogP contribution is 2.12. The van der Waals surface area contributed by atoms with E-state index < -0.39 is 0 Å². The Hall–Kier alpha value is -2.10. The lowest BCUT2D eigenvalue weighted by Crippen LogP contribution is -2.12. The van der Waals surface area contributed by atoms with Crippen molar-refractivity contribution >= 4 is 5.91 Å². The number of rotatable bonds is 4. The molecule has 4 heteroatoms. The largest absolute Gasteiger partial charge is 0.493 e. The molecular weight excluding hydrogens is 216 g/mol. The maximum absolute atomic E-state index is 11.6. The van der Waals surface area contributed by atoms with Gasteiger partial charge in [-0.2, -0.15) is 0 Å². The maximum atomic E-state index is 11.6. The third-order valence-corrected chi connectivity index (χ3v) is 2.37. The Balaban J connectivity index is 1.82. The highest BCUT2D eigenvalue weighted by molar-refractivity contribution is 5.78. The minimum absolute atomic E-state index is 0.0184. The van der Waals surface area contributed by atoms with Gasteiger partial charge in [0.15, 0.2) is 0 Å². The van der Waals surface area contributed by atoms with Crippen LogP contribution >= 0.6 is 0 Å². The van der Waals surface area contributed by atoms with Gasteiger partial charge in [0, 0.05) is 12.4 Å². The molecule has 0 saturated heterocycles. The summed E-state index contributed by atoms with van der Waals surface area (Å²) in [7, 11) is 0. The summed E-state index contributed by atoms with van der Waals surface area (Å²) < 4.78 is 6.96. The Labute approximate surface area is 99.9 Å². The van der Waals surface area contributed by atoms with Gasteiger partial charge in [0.1, 0.15) is 12.1 Å². The predicted octanol–water partition coefficient (Wildman–Crippen LogP) is 2.30. The zero-order valence-corrected chi connectivity index (χ0v) is 9.67. The molecule has 0 saturated carbocycles. The number of hydrogen-bond acceptors (Lipinski definition) is 3. The number of nitrogens with zero attached hydrogens (tertiary/aromatic N) is 2. The van der Waals surface area contributed by atoms with Crippen molar-refractivity contribution in [1.82, 2.24) is 9.55 Å². The minimum atomic E-state index is -0.0184. The molecule has 0 aliphatic heterocycles. The zero-order valence-electron chi connectivity index (χ0n) is 9.67. The van der Waals surface area contributed by atoms with E-state index >= 15 is 0 Å². The molecule has 4 nitrogen and oxygen atoms in total. The first-order valence-corrected chi connectivity index (χ1v) is 5.46. The van der Waals surface area contributed by atoms with Gasteiger partial charge in [0.2, 0.25) is 5.91 Å². The van der Waals surface area contributed by atoms with Crippen molar-refractivity contribution in [2.45, 2.75) is 13.3 Å². The van der Waals surface area contributed by atoms with E-state index in [1.54, 1.807) is 12.4 Å². The van der Waals surface area contributed by atoms with E-state index in [0.29, 0.717) is 13.0 Å². The van der Waals surface area contributed by atoms with Crippen LogP contribution in [0.15, 0.2) is 43.0 Å². The summed E-state index contributed by atoms with van der Waals surface area (Å²) in [5.41, 5.74) is 1.14. The van der Waals surface area contributed by atoms with E-state index in [0.717, 1.165) is 11.3 Å². The van der Waals surface area contributed by atoms with Crippen molar-refractivity contribution in [3.8, 4) is 5.75 Å². The summed E-state index contributed by atoms with van der Waals surface area (Å²) >= 11 is 0. The molecule has 0 N–H and O–H groups in total. The van der Waals surface area contributed by atoms with E-state index in [4.69, 9.17) is 4.74 Å². The molecule has 2 aromatic rings. The number of imidazole rings is 1. The number of benzene rings is 1. The second kappa shape index (κ2) is 5.30. The molecule has 0 spiro atoms. The van der Waals surface area contributed by atoms with Crippen molar-refractivity contribution in [3.63, 3.8) is 0 Å². The van der Waals surface area contributed by atoms with Crippen LogP contribution in [0.3, 0.4) is 0 Å². The molecule has 17 heavy (non-hydrogen) atoms. The number of hydrogen-bond donors (Lipinski definition) is 0. The number of ether oxygens (including phenoxy) is 1. The van der Waals surface area contributed by atoms with E-state index in [2.05, 4.69) is 4.98 Å². The fourth-order valence-electron chi connectivity index (χ4n) is 1.50. The topological polar surface area (TPSA) is 44.1 Å². The molecule has 0 atom stereocenters. The summed E-state index contributed by atoms with van der Waals surface area (Å²) in [6, 6.07) is 7.77. The Morgan fingerprint density at radius 1 is 1.47 bits per heavy atom. The first-order valence-electron chi connectivity index (χ1n) is 5.46. The minimum Gasteiger partial charge on any atom is -0.493 e. The van der Waals surface area contributed by atoms with Gasteiger partial charge in [-0.25, -0.2) is 4.98 Å². The van der Waals surface area contributed by atoms with Crippen LogP contribution in [0.25, 0.3) is 0 Å². The molecule has 88 valence electrons. The normalized spacial score (nSPS) is 10.2. The summed E-state index contributed by atoms with van der Waals surface area (Å²) in [5.74, 6) is 0.776. The van der Waals surface area contributed by atoms with Crippen molar-refractivity contribution in [1.29, 1.82) is 0 Å². The lowest BCUT2D eigenvalue weighted by atomic mass is 10.2. The fraction of sp³-hybridized carbons (Fsp3) is 0.231. The molecule has 1 aromatic carbocycles. The van der Waals surface area contributed by atoms with Gasteiger partial charge >= 0.3 is 0 Å². The fourth-order valence-corrected chi connectivity index (χ4v) is 1.50. The molecule has 0 unspecified atom stereocenters. The van der Waals surface area contributed by atoms with E-state index in [1.807, 2.05) is 31.2 Å². The van der Waals surface area contributed by atoms with E-state index in [1.165, 1.54) is 10.9 Å². The third-order valence-electron chi connectivity index (χ3n) is 2.37. The number of aromatic nitrogens is 2. The third kappa shape index (κ3) is 3.17. The second-order valence-corrected chi connectivity index (χ2v) is 3.78. The Kier molecular flexibility index (Phi) is 3.55. The lowest BCUT2D eigenvalue weighted by Gasteiger charge is -2.06. The van der Waals surface area contributed by atoms with Crippen LogP contribution in [0.5, 0.6) is 5.75 Å². The highest BCUT2D eigenvalue weighted by Gasteiger charge is 2.04.